The number of nitrogens with one attached hydrogen (secondary N) is 1. The van der Waals surface area contributed by atoms with Gasteiger partial charge >= 0.3 is 0 Å². The van der Waals surface area contributed by atoms with Gasteiger partial charge in [-0.1, -0.05) is 13.0 Å². The summed E-state index contributed by atoms with van der Waals surface area (Å²) in [4.78, 5) is 15.9. The molecule has 0 saturated carbocycles. The predicted molar refractivity (Wildman–Crippen MR) is 79.3 cm³/mol. The van der Waals surface area contributed by atoms with Crippen LogP contribution >= 0.6 is 0 Å². The third-order valence-corrected chi connectivity index (χ3v) is 2.90. The zero-order valence-corrected chi connectivity index (χ0v) is 11.8. The van der Waals surface area contributed by atoms with Crippen molar-refractivity contribution in [1.29, 1.82) is 0 Å². The lowest BCUT2D eigenvalue weighted by atomic mass is 10.1. The summed E-state index contributed by atoms with van der Waals surface area (Å²) < 4.78 is 5.66. The van der Waals surface area contributed by atoms with Gasteiger partial charge in [0.05, 0.1) is 0 Å². The van der Waals surface area contributed by atoms with E-state index >= 15 is 0 Å². The number of nitrogens with zero attached hydrogens (tertiary/aromatic N) is 1. The number of benzene rings is 1. The fourth-order valence-corrected chi connectivity index (χ4v) is 1.68. The van der Waals surface area contributed by atoms with Gasteiger partial charge in [-0.3, -0.25) is 9.78 Å². The van der Waals surface area contributed by atoms with Crippen molar-refractivity contribution in [1.82, 2.24) is 10.3 Å². The molecule has 5 heteroatoms. The second-order valence-electron chi connectivity index (χ2n) is 4.81. The molecule has 0 aliphatic carbocycles. The first kappa shape index (κ1) is 15.0. The molecule has 1 aromatic heterocycles. The van der Waals surface area contributed by atoms with E-state index in [2.05, 4.69) is 10.3 Å². The Kier molecular flexibility index (Phi) is 5.29. The van der Waals surface area contributed by atoms with E-state index in [-0.39, 0.29) is 18.4 Å². The fraction of sp³-hybridized carbons (Fsp3) is 0.250. The molecule has 1 unspecified atom stereocenters. The van der Waals surface area contributed by atoms with Gasteiger partial charge in [-0.2, -0.15) is 0 Å². The summed E-state index contributed by atoms with van der Waals surface area (Å²) >= 11 is 0. The van der Waals surface area contributed by atoms with Crippen LogP contribution in [0, 0.1) is 5.92 Å². The van der Waals surface area contributed by atoms with Crippen molar-refractivity contribution in [2.24, 2.45) is 5.92 Å². The molecule has 1 atom stereocenters. The number of aliphatic hydroxyl groups is 1. The maximum absolute atomic E-state index is 12.0. The lowest BCUT2D eigenvalue weighted by Crippen LogP contribution is -2.29. The Balaban J connectivity index is 2.02. The van der Waals surface area contributed by atoms with Gasteiger partial charge < -0.3 is 15.2 Å². The average molecular weight is 286 g/mol. The lowest BCUT2D eigenvalue weighted by Gasteiger charge is -2.10. The van der Waals surface area contributed by atoms with Gasteiger partial charge in [-0.05, 0) is 36.2 Å². The van der Waals surface area contributed by atoms with Gasteiger partial charge in [0.15, 0.2) is 0 Å². The zero-order chi connectivity index (χ0) is 15.1. The molecular formula is C16H18N2O3. The summed E-state index contributed by atoms with van der Waals surface area (Å²) in [5.74, 6) is 1.10. The number of carbonyl (C=O) groups excluding carboxylic acids is 1. The molecule has 2 N–H and O–H groups in total. The summed E-state index contributed by atoms with van der Waals surface area (Å²) in [7, 11) is 0. The van der Waals surface area contributed by atoms with Gasteiger partial charge in [0.1, 0.15) is 11.5 Å². The standard InChI is InChI=1S/C16H18N2O3/c1-12(11-19)10-18-16(20)13-3-2-4-15(9-13)21-14-5-7-17-8-6-14/h2-9,12,19H,10-11H2,1H3,(H,18,20). The molecule has 110 valence electrons. The molecule has 0 saturated heterocycles. The number of carbonyl (C=O) groups is 1. The van der Waals surface area contributed by atoms with Gasteiger partial charge in [-0.25, -0.2) is 0 Å². The van der Waals surface area contributed by atoms with Crippen molar-refractivity contribution in [2.45, 2.75) is 6.92 Å². The maximum atomic E-state index is 12.0. The monoisotopic (exact) mass is 286 g/mol. The Morgan fingerprint density at radius 3 is 2.76 bits per heavy atom. The third kappa shape index (κ3) is 4.57. The molecule has 21 heavy (non-hydrogen) atoms. The van der Waals surface area contributed by atoms with Gasteiger partial charge in [-0.15, -0.1) is 0 Å². The van der Waals surface area contributed by atoms with Gasteiger partial charge in [0.25, 0.3) is 5.91 Å². The first-order chi connectivity index (χ1) is 10.2. The topological polar surface area (TPSA) is 71.5 Å². The minimum absolute atomic E-state index is 0.0326. The molecule has 0 aliphatic rings. The van der Waals surface area contributed by atoms with Crippen LogP contribution in [0.4, 0.5) is 0 Å². The summed E-state index contributed by atoms with van der Waals surface area (Å²) in [6.45, 7) is 2.35. The molecule has 2 rings (SSSR count). The fourth-order valence-electron chi connectivity index (χ4n) is 1.68. The SMILES string of the molecule is CC(CO)CNC(=O)c1cccc(Oc2ccncc2)c1. The quantitative estimate of drug-likeness (QED) is 0.854. The molecule has 0 aliphatic heterocycles. The van der Waals surface area contributed by atoms with Crippen LogP contribution in [0.25, 0.3) is 0 Å². The number of pyridine rings is 1. The number of aromatic nitrogens is 1. The Bertz CT molecular complexity index is 587. The van der Waals surface area contributed by atoms with Crippen molar-refractivity contribution in [3.05, 3.63) is 54.4 Å². The molecule has 2 aromatic rings. The minimum atomic E-state index is -0.185. The zero-order valence-electron chi connectivity index (χ0n) is 11.8. The molecule has 1 heterocycles. The van der Waals surface area contributed by atoms with Crippen molar-refractivity contribution in [3.63, 3.8) is 0 Å². The van der Waals surface area contributed by atoms with Crippen molar-refractivity contribution in [3.8, 4) is 11.5 Å². The van der Waals surface area contributed by atoms with E-state index in [0.717, 1.165) is 0 Å². The number of amides is 1. The van der Waals surface area contributed by atoms with E-state index in [0.29, 0.717) is 23.6 Å². The molecule has 0 spiro atoms. The lowest BCUT2D eigenvalue weighted by molar-refractivity contribution is 0.0942. The number of ether oxygens (including phenoxy) is 1. The van der Waals surface area contributed by atoms with Crippen LogP contribution in [-0.4, -0.2) is 29.1 Å². The van der Waals surface area contributed by atoms with Crippen molar-refractivity contribution < 1.29 is 14.6 Å². The Morgan fingerprint density at radius 2 is 2.05 bits per heavy atom. The van der Waals surface area contributed by atoms with Crippen molar-refractivity contribution in [2.75, 3.05) is 13.2 Å². The Hall–Kier alpha value is -2.40. The van der Waals surface area contributed by atoms with Crippen LogP contribution in [0.2, 0.25) is 0 Å². The number of aliphatic hydroxyl groups excluding tert-OH is 1. The highest BCUT2D eigenvalue weighted by molar-refractivity contribution is 5.94. The normalized spacial score (nSPS) is 11.7. The van der Waals surface area contributed by atoms with Crippen LogP contribution in [0.5, 0.6) is 11.5 Å². The van der Waals surface area contributed by atoms with Crippen LogP contribution in [-0.2, 0) is 0 Å². The van der Waals surface area contributed by atoms with Crippen LogP contribution < -0.4 is 10.1 Å². The molecular weight excluding hydrogens is 268 g/mol. The molecule has 5 nitrogen and oxygen atoms in total. The van der Waals surface area contributed by atoms with Crippen LogP contribution in [0.3, 0.4) is 0 Å². The van der Waals surface area contributed by atoms with E-state index < -0.39 is 0 Å². The first-order valence-corrected chi connectivity index (χ1v) is 6.76. The minimum Gasteiger partial charge on any atom is -0.457 e. The van der Waals surface area contributed by atoms with E-state index in [1.807, 2.05) is 6.92 Å². The predicted octanol–water partition coefficient (Wildman–Crippen LogP) is 2.23. The van der Waals surface area contributed by atoms with E-state index in [9.17, 15) is 4.79 Å². The largest absolute Gasteiger partial charge is 0.457 e. The van der Waals surface area contributed by atoms with E-state index in [4.69, 9.17) is 9.84 Å². The van der Waals surface area contributed by atoms with E-state index in [1.54, 1.807) is 48.8 Å². The molecule has 1 aromatic carbocycles. The Labute approximate surface area is 123 Å². The second-order valence-corrected chi connectivity index (χ2v) is 4.81. The summed E-state index contributed by atoms with van der Waals surface area (Å²) in [5.41, 5.74) is 0.520. The van der Waals surface area contributed by atoms with Crippen LogP contribution in [0.15, 0.2) is 48.8 Å². The average Bonchev–Trinajstić information content (AvgIpc) is 2.53. The van der Waals surface area contributed by atoms with Crippen LogP contribution in [0.1, 0.15) is 17.3 Å². The maximum Gasteiger partial charge on any atom is 0.251 e. The number of hydrogen-bond acceptors (Lipinski definition) is 4. The van der Waals surface area contributed by atoms with Gasteiger partial charge in [0, 0.05) is 31.1 Å². The van der Waals surface area contributed by atoms with E-state index in [1.165, 1.54) is 0 Å². The smallest absolute Gasteiger partial charge is 0.251 e. The molecule has 0 bridgehead atoms. The highest BCUT2D eigenvalue weighted by Crippen LogP contribution is 2.21. The molecule has 0 radical (unpaired) electrons. The molecule has 0 fully saturated rings. The number of hydrogen-bond donors (Lipinski definition) is 2. The first-order valence-electron chi connectivity index (χ1n) is 6.76. The van der Waals surface area contributed by atoms with Crippen molar-refractivity contribution >= 4 is 5.91 Å². The summed E-state index contributed by atoms with van der Waals surface area (Å²) in [6.07, 6.45) is 3.28. The summed E-state index contributed by atoms with van der Waals surface area (Å²) in [6, 6.07) is 10.4. The second kappa shape index (κ2) is 7.40. The summed E-state index contributed by atoms with van der Waals surface area (Å²) in [5, 5.41) is 11.7. The highest BCUT2D eigenvalue weighted by Gasteiger charge is 2.08. The highest BCUT2D eigenvalue weighted by atomic mass is 16.5. The molecule has 1 amide bonds. The Morgan fingerprint density at radius 1 is 1.29 bits per heavy atom. The number of rotatable bonds is 6. The third-order valence-electron chi connectivity index (χ3n) is 2.90. The van der Waals surface area contributed by atoms with Gasteiger partial charge in [0.2, 0.25) is 0 Å².